The number of aliphatic hydroxyl groups excluding tert-OH is 1. The maximum Gasteiger partial charge on any atom is 0.179 e. The fraction of sp³-hybridized carbons (Fsp3) is 0.571. The van der Waals surface area contributed by atoms with E-state index in [0.717, 1.165) is 18.4 Å². The monoisotopic (exact) mass is 284 g/mol. The molecule has 1 fully saturated rings. The van der Waals surface area contributed by atoms with Gasteiger partial charge in [0.2, 0.25) is 0 Å². The van der Waals surface area contributed by atoms with Crippen molar-refractivity contribution in [1.82, 2.24) is 0 Å². The molecule has 0 saturated carbocycles. The Kier molecular flexibility index (Phi) is 3.82. The van der Waals surface area contributed by atoms with Gasteiger partial charge in [-0.05, 0) is 30.5 Å². The minimum Gasteiger partial charge on any atom is -0.486 e. The summed E-state index contributed by atoms with van der Waals surface area (Å²) in [6, 6.07) is 3.77. The normalized spacial score (nSPS) is 26.2. The standard InChI is InChI=1S/C14H17ClO4/c15-11-6-10(7-12-14(11)19-5-4-17-12)13-9(8-16)2-1-3-18-13/h6-7,9,13,16H,1-5,8H2. The van der Waals surface area contributed by atoms with Crippen LogP contribution in [0.5, 0.6) is 11.5 Å². The van der Waals surface area contributed by atoms with Gasteiger partial charge in [0.05, 0.1) is 11.1 Å². The van der Waals surface area contributed by atoms with Crippen LogP contribution in [-0.2, 0) is 4.74 Å². The first-order valence-corrected chi connectivity index (χ1v) is 6.99. The molecule has 0 aromatic heterocycles. The Morgan fingerprint density at radius 3 is 2.89 bits per heavy atom. The van der Waals surface area contributed by atoms with Crippen molar-refractivity contribution in [2.24, 2.45) is 5.92 Å². The molecule has 1 aromatic carbocycles. The minimum atomic E-state index is -0.118. The molecule has 104 valence electrons. The third-order valence-electron chi connectivity index (χ3n) is 3.63. The molecule has 0 amide bonds. The SMILES string of the molecule is OCC1CCCOC1c1cc(Cl)c2c(c1)OCCO2. The van der Waals surface area contributed by atoms with Crippen LogP contribution in [0.3, 0.4) is 0 Å². The van der Waals surface area contributed by atoms with Gasteiger partial charge in [-0.25, -0.2) is 0 Å². The Bertz CT molecular complexity index is 463. The number of aliphatic hydroxyl groups is 1. The Hall–Kier alpha value is -0.970. The fourth-order valence-corrected chi connectivity index (χ4v) is 2.97. The van der Waals surface area contributed by atoms with Gasteiger partial charge in [-0.3, -0.25) is 0 Å². The molecule has 1 aromatic rings. The highest BCUT2D eigenvalue weighted by Gasteiger charge is 2.29. The van der Waals surface area contributed by atoms with Crippen molar-refractivity contribution in [3.63, 3.8) is 0 Å². The first-order valence-electron chi connectivity index (χ1n) is 6.61. The van der Waals surface area contributed by atoms with Crippen LogP contribution >= 0.6 is 11.6 Å². The lowest BCUT2D eigenvalue weighted by atomic mass is 9.90. The molecular weight excluding hydrogens is 268 g/mol. The van der Waals surface area contributed by atoms with Crippen molar-refractivity contribution < 1.29 is 19.3 Å². The average molecular weight is 285 g/mol. The molecule has 2 aliphatic heterocycles. The highest BCUT2D eigenvalue weighted by Crippen LogP contribution is 2.43. The molecule has 4 nitrogen and oxygen atoms in total. The number of rotatable bonds is 2. The summed E-state index contributed by atoms with van der Waals surface area (Å²) in [5, 5.41) is 10.0. The number of benzene rings is 1. The Morgan fingerprint density at radius 1 is 1.21 bits per heavy atom. The smallest absolute Gasteiger partial charge is 0.179 e. The summed E-state index contributed by atoms with van der Waals surface area (Å²) >= 11 is 6.23. The van der Waals surface area contributed by atoms with Crippen molar-refractivity contribution in [1.29, 1.82) is 0 Å². The van der Waals surface area contributed by atoms with Crippen molar-refractivity contribution in [2.45, 2.75) is 18.9 Å². The number of ether oxygens (including phenoxy) is 3. The van der Waals surface area contributed by atoms with E-state index in [1.54, 1.807) is 0 Å². The van der Waals surface area contributed by atoms with Gasteiger partial charge in [0.25, 0.3) is 0 Å². The third-order valence-corrected chi connectivity index (χ3v) is 3.91. The Morgan fingerprint density at radius 2 is 2.05 bits per heavy atom. The van der Waals surface area contributed by atoms with E-state index in [2.05, 4.69) is 0 Å². The van der Waals surface area contributed by atoms with Gasteiger partial charge in [0.1, 0.15) is 13.2 Å². The van der Waals surface area contributed by atoms with Gasteiger partial charge in [0.15, 0.2) is 11.5 Å². The summed E-state index contributed by atoms with van der Waals surface area (Å²) in [6.07, 6.45) is 1.83. The molecule has 0 aliphatic carbocycles. The van der Waals surface area contributed by atoms with Gasteiger partial charge in [-0.2, -0.15) is 0 Å². The van der Waals surface area contributed by atoms with Crippen molar-refractivity contribution in [3.8, 4) is 11.5 Å². The fourth-order valence-electron chi connectivity index (χ4n) is 2.69. The molecule has 0 spiro atoms. The first kappa shape index (κ1) is 13.0. The zero-order chi connectivity index (χ0) is 13.2. The van der Waals surface area contributed by atoms with E-state index < -0.39 is 0 Å². The Balaban J connectivity index is 1.93. The number of hydrogen-bond acceptors (Lipinski definition) is 4. The third kappa shape index (κ3) is 2.53. The summed E-state index contributed by atoms with van der Waals surface area (Å²) in [7, 11) is 0. The van der Waals surface area contributed by atoms with Crippen molar-refractivity contribution >= 4 is 11.6 Å². The molecule has 1 N–H and O–H groups in total. The summed E-state index contributed by atoms with van der Waals surface area (Å²) < 4.78 is 16.9. The number of halogens is 1. The predicted molar refractivity (Wildman–Crippen MR) is 70.9 cm³/mol. The maximum absolute atomic E-state index is 9.46. The van der Waals surface area contributed by atoms with Crippen LogP contribution in [0.25, 0.3) is 0 Å². The average Bonchev–Trinajstić information content (AvgIpc) is 2.47. The van der Waals surface area contributed by atoms with Crippen LogP contribution in [0.15, 0.2) is 12.1 Å². The highest BCUT2D eigenvalue weighted by molar-refractivity contribution is 6.32. The lowest BCUT2D eigenvalue weighted by Gasteiger charge is -2.31. The maximum atomic E-state index is 9.46. The van der Waals surface area contributed by atoms with Gasteiger partial charge in [-0.1, -0.05) is 11.6 Å². The zero-order valence-corrected chi connectivity index (χ0v) is 11.4. The number of hydrogen-bond donors (Lipinski definition) is 1. The van der Waals surface area contributed by atoms with Gasteiger partial charge < -0.3 is 19.3 Å². The molecule has 0 bridgehead atoms. The lowest BCUT2D eigenvalue weighted by molar-refractivity contribution is -0.0458. The molecule has 3 rings (SSSR count). The number of fused-ring (bicyclic) bond motifs is 1. The van der Waals surface area contributed by atoms with E-state index in [1.165, 1.54) is 0 Å². The second-order valence-electron chi connectivity index (χ2n) is 4.90. The first-order chi connectivity index (χ1) is 9.29. The van der Waals surface area contributed by atoms with Crippen LogP contribution in [0, 0.1) is 5.92 Å². The van der Waals surface area contributed by atoms with Crippen molar-refractivity contribution in [2.75, 3.05) is 26.4 Å². The summed E-state index contributed by atoms with van der Waals surface area (Å²) in [6.45, 7) is 1.89. The largest absolute Gasteiger partial charge is 0.486 e. The van der Waals surface area contributed by atoms with E-state index >= 15 is 0 Å². The molecule has 0 radical (unpaired) electrons. The summed E-state index contributed by atoms with van der Waals surface area (Å²) in [5.41, 5.74) is 0.952. The molecule has 2 heterocycles. The van der Waals surface area contributed by atoms with E-state index in [9.17, 15) is 5.11 Å². The van der Waals surface area contributed by atoms with E-state index in [0.29, 0.717) is 36.3 Å². The van der Waals surface area contributed by atoms with Gasteiger partial charge >= 0.3 is 0 Å². The molecule has 2 atom stereocenters. The summed E-state index contributed by atoms with van der Waals surface area (Å²) in [4.78, 5) is 0. The highest BCUT2D eigenvalue weighted by atomic mass is 35.5. The van der Waals surface area contributed by atoms with Crippen LogP contribution in [0.4, 0.5) is 0 Å². The summed E-state index contributed by atoms with van der Waals surface area (Å²) in [5.74, 6) is 1.39. The molecule has 1 saturated heterocycles. The topological polar surface area (TPSA) is 47.9 Å². The quantitative estimate of drug-likeness (QED) is 0.907. The Labute approximate surface area is 117 Å². The second kappa shape index (κ2) is 5.57. The molecule has 5 heteroatoms. The van der Waals surface area contributed by atoms with Gasteiger partial charge in [-0.15, -0.1) is 0 Å². The molecule has 2 aliphatic rings. The minimum absolute atomic E-state index is 0.118. The van der Waals surface area contributed by atoms with Crippen LogP contribution in [0.2, 0.25) is 5.02 Å². The predicted octanol–water partition coefficient (Wildman–Crippen LogP) is 2.57. The zero-order valence-electron chi connectivity index (χ0n) is 10.6. The van der Waals surface area contributed by atoms with Crippen LogP contribution in [-0.4, -0.2) is 31.5 Å². The van der Waals surface area contributed by atoms with Crippen LogP contribution in [0.1, 0.15) is 24.5 Å². The van der Waals surface area contributed by atoms with Crippen molar-refractivity contribution in [3.05, 3.63) is 22.7 Å². The lowest BCUT2D eigenvalue weighted by Crippen LogP contribution is -2.25. The second-order valence-corrected chi connectivity index (χ2v) is 5.31. The molecule has 2 unspecified atom stereocenters. The van der Waals surface area contributed by atoms with Crippen LogP contribution < -0.4 is 9.47 Å². The van der Waals surface area contributed by atoms with E-state index in [1.807, 2.05) is 12.1 Å². The molecular formula is C14H17ClO4. The molecule has 19 heavy (non-hydrogen) atoms. The van der Waals surface area contributed by atoms with Gasteiger partial charge in [0, 0.05) is 19.1 Å². The van der Waals surface area contributed by atoms with E-state index in [-0.39, 0.29) is 18.6 Å². The van der Waals surface area contributed by atoms with E-state index in [4.69, 9.17) is 25.8 Å².